The largest absolute Gasteiger partial charge is 0.304 e. The Bertz CT molecular complexity index is 435. The first-order valence-electron chi connectivity index (χ1n) is 6.05. The van der Waals surface area contributed by atoms with Crippen molar-refractivity contribution >= 4 is 17.4 Å². The predicted molar refractivity (Wildman–Crippen MR) is 65.7 cm³/mol. The van der Waals surface area contributed by atoms with Crippen LogP contribution in [0.1, 0.15) is 31.2 Å². The molecule has 0 amide bonds. The van der Waals surface area contributed by atoms with E-state index in [-0.39, 0.29) is 5.78 Å². The summed E-state index contributed by atoms with van der Waals surface area (Å²) in [6.45, 7) is 0. The molecule has 2 nitrogen and oxygen atoms in total. The van der Waals surface area contributed by atoms with Gasteiger partial charge in [-0.05, 0) is 31.5 Å². The van der Waals surface area contributed by atoms with Gasteiger partial charge in [0.2, 0.25) is 0 Å². The summed E-state index contributed by atoms with van der Waals surface area (Å²) in [6.07, 6.45) is 3.09. The minimum atomic E-state index is -0.851. The van der Waals surface area contributed by atoms with Gasteiger partial charge in [0.05, 0.1) is 0 Å². The summed E-state index contributed by atoms with van der Waals surface area (Å²) in [7, 11) is 1.63. The average Bonchev–Trinajstić information content (AvgIpc) is 2.30. The van der Waals surface area contributed by atoms with Crippen molar-refractivity contribution in [2.24, 2.45) is 0 Å². The smallest absolute Gasteiger partial charge is 0.157 e. The fourth-order valence-electron chi connectivity index (χ4n) is 2.45. The van der Waals surface area contributed by atoms with Crippen molar-refractivity contribution in [1.82, 2.24) is 5.31 Å². The lowest BCUT2D eigenvalue weighted by Crippen LogP contribution is -2.49. The van der Waals surface area contributed by atoms with Crippen molar-refractivity contribution in [3.63, 3.8) is 0 Å². The van der Waals surface area contributed by atoms with E-state index in [1.165, 1.54) is 5.31 Å². The van der Waals surface area contributed by atoms with E-state index in [0.29, 0.717) is 17.9 Å². The summed E-state index contributed by atoms with van der Waals surface area (Å²) >= 11 is 6.19. The van der Waals surface area contributed by atoms with Crippen molar-refractivity contribution in [1.29, 1.82) is 0 Å². The zero-order valence-corrected chi connectivity index (χ0v) is 10.1. The third-order valence-electron chi connectivity index (χ3n) is 3.35. The Morgan fingerprint density at radius 2 is 2.19 bits per heavy atom. The number of likely N-dealkylation sites (N-methyl/N-ethyl adjacent to an activating group) is 1. The zero-order chi connectivity index (χ0) is 12.5. The van der Waals surface area contributed by atoms with Gasteiger partial charge >= 0.3 is 0 Å². The maximum atomic E-state index is 12.3. The summed E-state index contributed by atoms with van der Waals surface area (Å²) in [5.41, 5.74) is -0.0831. The number of benzene rings is 1. The molecule has 1 aromatic rings. The van der Waals surface area contributed by atoms with Gasteiger partial charge in [-0.3, -0.25) is 4.79 Å². The first-order valence-corrected chi connectivity index (χ1v) is 5.98. The standard InChI is InChI=1S/C13H16ClNO/c1-15-13(9-5-4-8-12(13)16)10-6-2-3-7-11(10)14/h2-3,6-7,15H,4-5,8-9H2,1H3/i/hD. The second-order valence-electron chi connectivity index (χ2n) is 4.19. The third kappa shape index (κ3) is 1.76. The van der Waals surface area contributed by atoms with Gasteiger partial charge in [0, 0.05) is 11.4 Å². The molecule has 0 spiro atoms. The Morgan fingerprint density at radius 3 is 2.81 bits per heavy atom. The maximum absolute atomic E-state index is 12.3. The number of carbonyl (C=O) groups is 1. The van der Waals surface area contributed by atoms with Gasteiger partial charge in [0.15, 0.2) is 5.78 Å². The highest BCUT2D eigenvalue weighted by molar-refractivity contribution is 6.31. The lowest BCUT2D eigenvalue weighted by atomic mass is 9.75. The SMILES string of the molecule is [2H]N(C)C1(c2ccccc2Cl)CCCCC1=O. The van der Waals surface area contributed by atoms with E-state index >= 15 is 0 Å². The lowest BCUT2D eigenvalue weighted by molar-refractivity contribution is -0.127. The first-order chi connectivity index (χ1) is 8.09. The van der Waals surface area contributed by atoms with Crippen LogP contribution in [0.3, 0.4) is 0 Å². The van der Waals surface area contributed by atoms with Crippen LogP contribution in [0.2, 0.25) is 6.43 Å². The molecule has 2 rings (SSSR count). The van der Waals surface area contributed by atoms with Gasteiger partial charge in [0.1, 0.15) is 6.95 Å². The minimum absolute atomic E-state index is 0.106. The van der Waals surface area contributed by atoms with Crippen LogP contribution in [0.4, 0.5) is 0 Å². The van der Waals surface area contributed by atoms with Crippen LogP contribution in [0, 0.1) is 0 Å². The molecule has 1 aliphatic carbocycles. The molecule has 1 fully saturated rings. The molecule has 0 aromatic heterocycles. The summed E-state index contributed by atoms with van der Waals surface area (Å²) in [5.74, 6) is 0.106. The second-order valence-corrected chi connectivity index (χ2v) is 4.60. The Kier molecular flexibility index (Phi) is 2.94. The van der Waals surface area contributed by atoms with Gasteiger partial charge in [-0.25, -0.2) is 0 Å². The second kappa shape index (κ2) is 4.56. The minimum Gasteiger partial charge on any atom is -0.304 e. The topological polar surface area (TPSA) is 29.1 Å². The number of nitrogens with one attached hydrogen (secondary N) is 1. The molecule has 1 unspecified atom stereocenters. The van der Waals surface area contributed by atoms with Gasteiger partial charge in [-0.1, -0.05) is 36.2 Å². The van der Waals surface area contributed by atoms with E-state index in [1.54, 1.807) is 13.1 Å². The van der Waals surface area contributed by atoms with Crippen LogP contribution < -0.4 is 5.31 Å². The monoisotopic (exact) mass is 238 g/mol. The van der Waals surface area contributed by atoms with Crippen LogP contribution in [0.15, 0.2) is 24.3 Å². The number of halogens is 1. The number of Topliss-reactive ketones (excluding diaryl/α,β-unsaturated/α-hetero) is 1. The number of hydrogen-bond donors (Lipinski definition) is 1. The molecule has 86 valence electrons. The highest BCUT2D eigenvalue weighted by Gasteiger charge is 2.40. The Labute approximate surface area is 102 Å². The molecule has 1 atom stereocenters. The lowest BCUT2D eigenvalue weighted by Gasteiger charge is -2.36. The Balaban J connectivity index is 2.55. The van der Waals surface area contributed by atoms with Crippen molar-refractivity contribution in [2.45, 2.75) is 31.2 Å². The summed E-state index contributed by atoms with van der Waals surface area (Å²) in [6, 6.07) is 7.35. The van der Waals surface area contributed by atoms with Crippen LogP contribution in [0.5, 0.6) is 0 Å². The van der Waals surface area contributed by atoms with E-state index in [0.717, 1.165) is 18.4 Å². The van der Waals surface area contributed by atoms with Gasteiger partial charge in [-0.2, -0.15) is 0 Å². The first kappa shape index (κ1) is 10.3. The number of rotatable bonds is 2. The van der Waals surface area contributed by atoms with Gasteiger partial charge in [-0.15, -0.1) is 0 Å². The predicted octanol–water partition coefficient (Wildman–Crippen LogP) is 2.90. The van der Waals surface area contributed by atoms with E-state index in [2.05, 4.69) is 0 Å². The summed E-state index contributed by atoms with van der Waals surface area (Å²) in [4.78, 5) is 12.3. The van der Waals surface area contributed by atoms with Gasteiger partial charge in [0.25, 0.3) is 0 Å². The molecule has 1 aromatic carbocycles. The van der Waals surface area contributed by atoms with Gasteiger partial charge < -0.3 is 5.31 Å². The van der Waals surface area contributed by atoms with Crippen molar-refractivity contribution in [3.8, 4) is 0 Å². The van der Waals surface area contributed by atoms with Crippen molar-refractivity contribution < 1.29 is 6.21 Å². The molecule has 0 saturated heterocycles. The molecule has 1 aliphatic rings. The molecule has 0 heterocycles. The van der Waals surface area contributed by atoms with E-state index < -0.39 is 5.54 Å². The van der Waals surface area contributed by atoms with Crippen LogP contribution in [-0.2, 0) is 10.3 Å². The van der Waals surface area contributed by atoms with E-state index in [4.69, 9.17) is 13.0 Å². The number of hydrogen-bond acceptors (Lipinski definition) is 2. The molecular weight excluding hydrogens is 222 g/mol. The van der Waals surface area contributed by atoms with Crippen molar-refractivity contribution in [2.75, 3.05) is 7.05 Å². The summed E-state index contributed by atoms with van der Waals surface area (Å²) < 4.78 is 7.94. The van der Waals surface area contributed by atoms with Crippen LogP contribution in [0.25, 0.3) is 0 Å². The Hall–Kier alpha value is -0.860. The molecule has 16 heavy (non-hydrogen) atoms. The van der Waals surface area contributed by atoms with E-state index in [1.807, 2.05) is 18.2 Å². The fourth-order valence-corrected chi connectivity index (χ4v) is 2.74. The fraction of sp³-hybridized carbons (Fsp3) is 0.462. The molecule has 3 heteroatoms. The number of carbonyl (C=O) groups excluding carboxylic acids is 1. The maximum Gasteiger partial charge on any atom is 0.157 e. The molecule has 0 radical (unpaired) electrons. The number of ketones is 1. The molecule has 0 bridgehead atoms. The quantitative estimate of drug-likeness (QED) is 0.859. The van der Waals surface area contributed by atoms with E-state index in [9.17, 15) is 4.79 Å². The third-order valence-corrected chi connectivity index (χ3v) is 3.68. The van der Waals surface area contributed by atoms with Crippen molar-refractivity contribution in [3.05, 3.63) is 34.9 Å². The van der Waals surface area contributed by atoms with Crippen LogP contribution >= 0.6 is 11.6 Å². The Morgan fingerprint density at radius 1 is 1.44 bits per heavy atom. The molecule has 1 saturated carbocycles. The highest BCUT2D eigenvalue weighted by Crippen LogP contribution is 2.37. The average molecular weight is 239 g/mol. The normalized spacial score (nSPS) is 26.9. The van der Waals surface area contributed by atoms with Crippen LogP contribution in [-0.4, -0.2) is 12.8 Å². The molecule has 0 aliphatic heterocycles. The molecule has 1 N–H and O–H groups in total. The molecular formula is C13H16ClNO. The highest BCUT2D eigenvalue weighted by atomic mass is 35.5. The zero-order valence-electron chi connectivity index (χ0n) is 10.4. The summed E-state index contributed by atoms with van der Waals surface area (Å²) in [5, 5.41) is 1.84.